The number of amides is 2. The minimum absolute atomic E-state index is 0.175. The van der Waals surface area contributed by atoms with Crippen molar-refractivity contribution in [3.05, 3.63) is 35.9 Å². The molecule has 0 spiro atoms. The maximum absolute atomic E-state index is 11.9. The molecule has 1 aromatic rings. The van der Waals surface area contributed by atoms with Gasteiger partial charge >= 0.3 is 5.97 Å². The molecular weight excluding hydrogens is 322 g/mol. The first-order valence-electron chi connectivity index (χ1n) is 8.39. The first kappa shape index (κ1) is 20.6. The summed E-state index contributed by atoms with van der Waals surface area (Å²) in [6, 6.07) is 7.57. The van der Waals surface area contributed by atoms with Crippen molar-refractivity contribution in [1.82, 2.24) is 10.6 Å². The normalized spacial score (nSPS) is 13.1. The van der Waals surface area contributed by atoms with Crippen molar-refractivity contribution in [3.63, 3.8) is 0 Å². The molecule has 25 heavy (non-hydrogen) atoms. The highest BCUT2D eigenvalue weighted by molar-refractivity contribution is 5.85. The number of hydrogen-bond acceptors (Lipinski definition) is 4. The lowest BCUT2D eigenvalue weighted by molar-refractivity contribution is -0.141. The van der Waals surface area contributed by atoms with Gasteiger partial charge in [0.1, 0.15) is 6.04 Å². The van der Waals surface area contributed by atoms with E-state index in [1.165, 1.54) is 0 Å². The van der Waals surface area contributed by atoms with Crippen LogP contribution in [0, 0.1) is 5.92 Å². The maximum atomic E-state index is 11.9. The fraction of sp³-hybridized carbons (Fsp3) is 0.500. The second-order valence-electron chi connectivity index (χ2n) is 6.43. The summed E-state index contributed by atoms with van der Waals surface area (Å²) in [5.74, 6) is -1.74. The largest absolute Gasteiger partial charge is 0.480 e. The smallest absolute Gasteiger partial charge is 0.328 e. The predicted molar refractivity (Wildman–Crippen MR) is 94.8 cm³/mol. The van der Waals surface area contributed by atoms with Crippen LogP contribution in [0.2, 0.25) is 0 Å². The molecule has 2 unspecified atom stereocenters. The first-order chi connectivity index (χ1) is 11.8. The standard InChI is InChI=1S/C18H27N3O4/c1-12(2)10-14(19)17(23)20-11-15(18(24)25)21-16(22)9-8-13-6-4-3-5-7-13/h3-7,12,14-15H,8-11,19H2,1-2H3,(H,20,23)(H,21,22)(H,24,25). The van der Waals surface area contributed by atoms with Gasteiger partial charge < -0.3 is 21.5 Å². The number of benzene rings is 1. The van der Waals surface area contributed by atoms with Gasteiger partial charge in [-0.15, -0.1) is 0 Å². The van der Waals surface area contributed by atoms with Crippen LogP contribution >= 0.6 is 0 Å². The number of aliphatic carboxylic acids is 1. The Balaban J connectivity index is 2.44. The van der Waals surface area contributed by atoms with Gasteiger partial charge in [-0.2, -0.15) is 0 Å². The van der Waals surface area contributed by atoms with Crippen LogP contribution in [0.5, 0.6) is 0 Å². The van der Waals surface area contributed by atoms with Crippen LogP contribution in [0.3, 0.4) is 0 Å². The predicted octanol–water partition coefficient (Wildman–Crippen LogP) is 0.678. The van der Waals surface area contributed by atoms with Crippen molar-refractivity contribution in [3.8, 4) is 0 Å². The van der Waals surface area contributed by atoms with E-state index in [2.05, 4.69) is 10.6 Å². The van der Waals surface area contributed by atoms with Crippen LogP contribution in [-0.2, 0) is 20.8 Å². The Labute approximate surface area is 148 Å². The van der Waals surface area contributed by atoms with E-state index >= 15 is 0 Å². The van der Waals surface area contributed by atoms with Crippen molar-refractivity contribution in [2.45, 2.75) is 45.2 Å². The van der Waals surface area contributed by atoms with E-state index in [1.54, 1.807) is 0 Å². The third-order valence-corrected chi connectivity index (χ3v) is 3.66. The molecule has 0 radical (unpaired) electrons. The Morgan fingerprint density at radius 2 is 1.80 bits per heavy atom. The molecule has 7 nitrogen and oxygen atoms in total. The fourth-order valence-electron chi connectivity index (χ4n) is 2.32. The average Bonchev–Trinajstić information content (AvgIpc) is 2.56. The van der Waals surface area contributed by atoms with Gasteiger partial charge in [0.15, 0.2) is 0 Å². The molecule has 1 aromatic carbocycles. The summed E-state index contributed by atoms with van der Waals surface area (Å²) in [4.78, 5) is 35.1. The molecule has 0 saturated carbocycles. The Bertz CT molecular complexity index is 575. The number of carboxylic acids is 1. The average molecular weight is 349 g/mol. The lowest BCUT2D eigenvalue weighted by atomic mass is 10.0. The highest BCUT2D eigenvalue weighted by Gasteiger charge is 2.22. The molecule has 5 N–H and O–H groups in total. The number of carbonyl (C=O) groups excluding carboxylic acids is 2. The van der Waals surface area contributed by atoms with Gasteiger partial charge in [0, 0.05) is 13.0 Å². The summed E-state index contributed by atoms with van der Waals surface area (Å²) in [5, 5.41) is 14.1. The van der Waals surface area contributed by atoms with Crippen LogP contribution in [0.1, 0.15) is 32.3 Å². The topological polar surface area (TPSA) is 122 Å². The van der Waals surface area contributed by atoms with Gasteiger partial charge in [0.25, 0.3) is 0 Å². The minimum atomic E-state index is -1.20. The fourth-order valence-corrected chi connectivity index (χ4v) is 2.32. The molecule has 0 saturated heterocycles. The molecule has 0 aliphatic heterocycles. The number of aryl methyl sites for hydroxylation is 1. The third kappa shape index (κ3) is 8.30. The van der Waals surface area contributed by atoms with Crippen molar-refractivity contribution in [2.24, 2.45) is 11.7 Å². The molecule has 0 fully saturated rings. The van der Waals surface area contributed by atoms with Crippen molar-refractivity contribution in [1.29, 1.82) is 0 Å². The molecule has 1 rings (SSSR count). The summed E-state index contributed by atoms with van der Waals surface area (Å²) in [5.41, 5.74) is 6.74. The van der Waals surface area contributed by atoms with E-state index < -0.39 is 24.0 Å². The number of carbonyl (C=O) groups is 3. The zero-order chi connectivity index (χ0) is 18.8. The molecule has 0 aliphatic carbocycles. The minimum Gasteiger partial charge on any atom is -0.480 e. The molecule has 0 heterocycles. The molecule has 2 atom stereocenters. The van der Waals surface area contributed by atoms with E-state index in [9.17, 15) is 19.5 Å². The summed E-state index contributed by atoms with van der Waals surface area (Å²) < 4.78 is 0. The summed E-state index contributed by atoms with van der Waals surface area (Å²) in [6.07, 6.45) is 1.20. The molecule has 0 aromatic heterocycles. The van der Waals surface area contributed by atoms with Crippen LogP contribution in [0.15, 0.2) is 30.3 Å². The van der Waals surface area contributed by atoms with Gasteiger partial charge in [-0.25, -0.2) is 4.79 Å². The highest BCUT2D eigenvalue weighted by Crippen LogP contribution is 2.03. The summed E-state index contributed by atoms with van der Waals surface area (Å²) in [6.45, 7) is 3.69. The molecular formula is C18H27N3O4. The van der Waals surface area contributed by atoms with Gasteiger partial charge in [-0.05, 0) is 24.3 Å². The Morgan fingerprint density at radius 1 is 1.16 bits per heavy atom. The van der Waals surface area contributed by atoms with Crippen LogP contribution in [0.4, 0.5) is 0 Å². The number of hydrogen-bond donors (Lipinski definition) is 4. The maximum Gasteiger partial charge on any atom is 0.328 e. The molecule has 2 amide bonds. The summed E-state index contributed by atoms with van der Waals surface area (Å²) >= 11 is 0. The van der Waals surface area contributed by atoms with Gasteiger partial charge in [0.05, 0.1) is 6.04 Å². The van der Waals surface area contributed by atoms with Crippen LogP contribution < -0.4 is 16.4 Å². The lowest BCUT2D eigenvalue weighted by Crippen LogP contribution is -2.51. The summed E-state index contributed by atoms with van der Waals surface area (Å²) in [7, 11) is 0. The van der Waals surface area contributed by atoms with E-state index in [-0.39, 0.29) is 24.8 Å². The lowest BCUT2D eigenvalue weighted by Gasteiger charge is -2.18. The highest BCUT2D eigenvalue weighted by atomic mass is 16.4. The zero-order valence-corrected chi connectivity index (χ0v) is 14.7. The monoisotopic (exact) mass is 349 g/mol. The van der Waals surface area contributed by atoms with Crippen molar-refractivity contribution in [2.75, 3.05) is 6.54 Å². The SMILES string of the molecule is CC(C)CC(N)C(=O)NCC(NC(=O)CCc1ccccc1)C(=O)O. The number of nitrogens with two attached hydrogens (primary N) is 1. The van der Waals surface area contributed by atoms with Crippen LogP contribution in [0.25, 0.3) is 0 Å². The van der Waals surface area contributed by atoms with E-state index in [0.29, 0.717) is 12.8 Å². The molecule has 138 valence electrons. The number of rotatable bonds is 10. The second-order valence-corrected chi connectivity index (χ2v) is 6.43. The Morgan fingerprint density at radius 3 is 2.36 bits per heavy atom. The van der Waals surface area contributed by atoms with Crippen molar-refractivity contribution >= 4 is 17.8 Å². The van der Waals surface area contributed by atoms with Gasteiger partial charge in [0.2, 0.25) is 11.8 Å². The molecule has 7 heteroatoms. The Kier molecular flexibility index (Phi) is 8.63. The molecule has 0 aliphatic rings. The van der Waals surface area contributed by atoms with E-state index in [1.807, 2.05) is 44.2 Å². The first-order valence-corrected chi connectivity index (χ1v) is 8.39. The zero-order valence-electron chi connectivity index (χ0n) is 14.7. The van der Waals surface area contributed by atoms with Gasteiger partial charge in [-0.1, -0.05) is 44.2 Å². The molecule has 0 bridgehead atoms. The second kappa shape index (κ2) is 10.5. The van der Waals surface area contributed by atoms with E-state index in [4.69, 9.17) is 5.73 Å². The van der Waals surface area contributed by atoms with Crippen LogP contribution in [-0.4, -0.2) is 41.5 Å². The quantitative estimate of drug-likeness (QED) is 0.495. The van der Waals surface area contributed by atoms with Gasteiger partial charge in [-0.3, -0.25) is 9.59 Å². The Hall–Kier alpha value is -2.41. The third-order valence-electron chi connectivity index (χ3n) is 3.66. The van der Waals surface area contributed by atoms with E-state index in [0.717, 1.165) is 5.56 Å². The number of carboxylic acid groups (broad SMARTS) is 1. The number of nitrogens with one attached hydrogen (secondary N) is 2. The van der Waals surface area contributed by atoms with Crippen molar-refractivity contribution < 1.29 is 19.5 Å².